The number of nitrogens with one attached hydrogen (secondary N) is 1. The molecule has 0 bridgehead atoms. The highest BCUT2D eigenvalue weighted by Crippen LogP contribution is 2.30. The normalized spacial score (nSPS) is 26.3. The van der Waals surface area contributed by atoms with Crippen LogP contribution in [-0.4, -0.2) is 36.0 Å². The molecule has 1 fully saturated rings. The van der Waals surface area contributed by atoms with Crippen LogP contribution < -0.4 is 0 Å². The second kappa shape index (κ2) is 4.78. The Morgan fingerprint density at radius 3 is 2.71 bits per heavy atom. The Morgan fingerprint density at radius 2 is 2.12 bits per heavy atom. The molecule has 0 aliphatic heterocycles. The molecule has 0 spiro atoms. The summed E-state index contributed by atoms with van der Waals surface area (Å²) in [6.45, 7) is 2.13. The minimum Gasteiger partial charge on any atom is -0.266 e. The van der Waals surface area contributed by atoms with E-state index in [1.165, 1.54) is 23.0 Å². The number of H-pyrrole nitrogens is 1. The molecule has 1 saturated carbocycles. The molecule has 96 valence electrons. The maximum absolute atomic E-state index is 12.3. The number of hydrogen-bond acceptors (Lipinski definition) is 3. The van der Waals surface area contributed by atoms with Crippen molar-refractivity contribution in [3.8, 4) is 0 Å². The standard InChI is InChI=1S/C11H19N3O2S/c1-9-5-3-4-6-10(9)14(2)17(15,16)11-7-8-12-13-11/h7-10H,3-6H2,1-2H3,(H,12,13). The van der Waals surface area contributed by atoms with Gasteiger partial charge < -0.3 is 0 Å². The van der Waals surface area contributed by atoms with E-state index in [1.807, 2.05) is 0 Å². The molecule has 1 aliphatic rings. The van der Waals surface area contributed by atoms with Crippen molar-refractivity contribution < 1.29 is 8.42 Å². The molecule has 2 rings (SSSR count). The lowest BCUT2D eigenvalue weighted by Gasteiger charge is -2.35. The third-order valence-electron chi connectivity index (χ3n) is 3.67. The smallest absolute Gasteiger partial charge is 0.259 e. The van der Waals surface area contributed by atoms with Crippen LogP contribution in [0.5, 0.6) is 0 Å². The van der Waals surface area contributed by atoms with Crippen molar-refractivity contribution in [2.45, 2.75) is 43.7 Å². The summed E-state index contributed by atoms with van der Waals surface area (Å²) in [5, 5.41) is 6.42. The highest BCUT2D eigenvalue weighted by Gasteiger charge is 2.33. The van der Waals surface area contributed by atoms with Gasteiger partial charge in [-0.25, -0.2) is 8.42 Å². The third-order valence-corrected chi connectivity index (χ3v) is 5.48. The van der Waals surface area contributed by atoms with Crippen LogP contribution in [0, 0.1) is 5.92 Å². The van der Waals surface area contributed by atoms with Gasteiger partial charge in [-0.2, -0.15) is 9.40 Å². The summed E-state index contributed by atoms with van der Waals surface area (Å²) in [5.74, 6) is 0.423. The Labute approximate surface area is 102 Å². The highest BCUT2D eigenvalue weighted by molar-refractivity contribution is 7.89. The fourth-order valence-corrected chi connectivity index (χ4v) is 3.94. The number of hydrogen-bond donors (Lipinski definition) is 1. The Kier molecular flexibility index (Phi) is 3.53. The summed E-state index contributed by atoms with van der Waals surface area (Å²) in [6, 6.07) is 1.61. The second-order valence-corrected chi connectivity index (χ2v) is 6.74. The van der Waals surface area contributed by atoms with E-state index in [2.05, 4.69) is 17.1 Å². The van der Waals surface area contributed by atoms with Gasteiger partial charge in [-0.1, -0.05) is 19.8 Å². The van der Waals surface area contributed by atoms with E-state index in [1.54, 1.807) is 7.05 Å². The Bertz CT molecular complexity index is 455. The minimum atomic E-state index is -3.41. The zero-order chi connectivity index (χ0) is 12.5. The largest absolute Gasteiger partial charge is 0.266 e. The van der Waals surface area contributed by atoms with E-state index in [4.69, 9.17) is 0 Å². The topological polar surface area (TPSA) is 66.1 Å². The predicted octanol–water partition coefficient (Wildman–Crippen LogP) is 1.61. The Morgan fingerprint density at radius 1 is 1.41 bits per heavy atom. The number of aromatic amines is 1. The first-order valence-corrected chi connectivity index (χ1v) is 7.45. The molecule has 5 nitrogen and oxygen atoms in total. The molecule has 1 aromatic heterocycles. The average molecular weight is 257 g/mol. The molecular weight excluding hydrogens is 238 g/mol. The molecule has 1 aliphatic carbocycles. The Balaban J connectivity index is 2.22. The maximum Gasteiger partial charge on any atom is 0.259 e. The summed E-state index contributed by atoms with van der Waals surface area (Å²) < 4.78 is 26.1. The maximum atomic E-state index is 12.3. The molecule has 17 heavy (non-hydrogen) atoms. The van der Waals surface area contributed by atoms with Crippen LogP contribution in [0.2, 0.25) is 0 Å². The van der Waals surface area contributed by atoms with Crippen LogP contribution >= 0.6 is 0 Å². The minimum absolute atomic E-state index is 0.108. The number of sulfonamides is 1. The molecule has 0 saturated heterocycles. The van der Waals surface area contributed by atoms with Gasteiger partial charge in [0.2, 0.25) is 0 Å². The lowest BCUT2D eigenvalue weighted by molar-refractivity contribution is 0.213. The van der Waals surface area contributed by atoms with Gasteiger partial charge in [0.15, 0.2) is 5.03 Å². The lowest BCUT2D eigenvalue weighted by atomic mass is 9.86. The van der Waals surface area contributed by atoms with Crippen molar-refractivity contribution in [3.63, 3.8) is 0 Å². The number of nitrogens with zero attached hydrogens (tertiary/aromatic N) is 2. The Hall–Kier alpha value is -0.880. The van der Waals surface area contributed by atoms with E-state index >= 15 is 0 Å². The van der Waals surface area contributed by atoms with Crippen LogP contribution in [-0.2, 0) is 10.0 Å². The molecule has 1 aromatic rings. The van der Waals surface area contributed by atoms with Gasteiger partial charge in [0.1, 0.15) is 0 Å². The van der Waals surface area contributed by atoms with Gasteiger partial charge in [0.25, 0.3) is 10.0 Å². The van der Waals surface area contributed by atoms with Crippen molar-refractivity contribution >= 4 is 10.0 Å². The quantitative estimate of drug-likeness (QED) is 0.894. The average Bonchev–Trinajstić information content (AvgIpc) is 2.83. The highest BCUT2D eigenvalue weighted by atomic mass is 32.2. The van der Waals surface area contributed by atoms with Gasteiger partial charge in [-0.05, 0) is 24.8 Å². The summed E-state index contributed by atoms with van der Waals surface area (Å²) in [4.78, 5) is 0. The van der Waals surface area contributed by atoms with E-state index < -0.39 is 10.0 Å². The van der Waals surface area contributed by atoms with Gasteiger partial charge in [0.05, 0.1) is 6.20 Å². The summed E-state index contributed by atoms with van der Waals surface area (Å²) >= 11 is 0. The first-order valence-electron chi connectivity index (χ1n) is 6.01. The van der Waals surface area contributed by atoms with Crippen LogP contribution in [0.3, 0.4) is 0 Å². The summed E-state index contributed by atoms with van der Waals surface area (Å²) in [6.07, 6.45) is 5.83. The van der Waals surface area contributed by atoms with Crippen molar-refractivity contribution in [2.75, 3.05) is 7.05 Å². The van der Waals surface area contributed by atoms with Gasteiger partial charge in [-0.3, -0.25) is 5.10 Å². The zero-order valence-corrected chi connectivity index (χ0v) is 11.1. The first-order chi connectivity index (χ1) is 8.03. The fraction of sp³-hybridized carbons (Fsp3) is 0.727. The monoisotopic (exact) mass is 257 g/mol. The molecule has 6 heteroatoms. The van der Waals surface area contributed by atoms with Crippen molar-refractivity contribution in [3.05, 3.63) is 12.3 Å². The molecule has 0 amide bonds. The molecular formula is C11H19N3O2S. The van der Waals surface area contributed by atoms with Crippen molar-refractivity contribution in [1.82, 2.24) is 14.5 Å². The second-order valence-electron chi connectivity index (χ2n) is 4.77. The van der Waals surface area contributed by atoms with Crippen LogP contribution in [0.25, 0.3) is 0 Å². The van der Waals surface area contributed by atoms with Crippen LogP contribution in [0.1, 0.15) is 32.6 Å². The van der Waals surface area contributed by atoms with Crippen molar-refractivity contribution in [1.29, 1.82) is 0 Å². The van der Waals surface area contributed by atoms with Crippen molar-refractivity contribution in [2.24, 2.45) is 5.92 Å². The van der Waals surface area contributed by atoms with E-state index in [0.717, 1.165) is 19.3 Å². The van der Waals surface area contributed by atoms with E-state index in [-0.39, 0.29) is 11.1 Å². The van der Waals surface area contributed by atoms with E-state index in [9.17, 15) is 8.42 Å². The molecule has 0 aromatic carbocycles. The summed E-state index contributed by atoms with van der Waals surface area (Å²) in [5.41, 5.74) is 0. The lowest BCUT2D eigenvalue weighted by Crippen LogP contribution is -2.42. The first kappa shape index (κ1) is 12.6. The zero-order valence-electron chi connectivity index (χ0n) is 10.3. The SMILES string of the molecule is CC1CCCCC1N(C)S(=O)(=O)c1ccn[nH]1. The fourth-order valence-electron chi connectivity index (χ4n) is 2.56. The molecule has 1 heterocycles. The predicted molar refractivity (Wildman–Crippen MR) is 65.0 cm³/mol. The van der Waals surface area contributed by atoms with Gasteiger partial charge >= 0.3 is 0 Å². The van der Waals surface area contributed by atoms with Gasteiger partial charge in [-0.15, -0.1) is 0 Å². The molecule has 1 N–H and O–H groups in total. The molecule has 2 atom stereocenters. The van der Waals surface area contributed by atoms with Crippen LogP contribution in [0.15, 0.2) is 17.3 Å². The molecule has 0 radical (unpaired) electrons. The third kappa shape index (κ3) is 2.37. The van der Waals surface area contributed by atoms with E-state index in [0.29, 0.717) is 5.92 Å². The van der Waals surface area contributed by atoms with Crippen LogP contribution in [0.4, 0.5) is 0 Å². The number of rotatable bonds is 3. The van der Waals surface area contributed by atoms with Gasteiger partial charge in [0, 0.05) is 13.1 Å². The molecule has 2 unspecified atom stereocenters. The summed E-state index contributed by atoms with van der Waals surface area (Å²) in [7, 11) is -1.74. The number of aromatic nitrogens is 2.